The zero-order valence-corrected chi connectivity index (χ0v) is 8.72. The lowest BCUT2D eigenvalue weighted by Crippen LogP contribution is -1.94. The maximum absolute atomic E-state index is 13.0. The van der Waals surface area contributed by atoms with Gasteiger partial charge in [0.05, 0.1) is 11.3 Å². The summed E-state index contributed by atoms with van der Waals surface area (Å²) in [7, 11) is 0. The topological polar surface area (TPSA) is 71.9 Å². The van der Waals surface area contributed by atoms with Crippen LogP contribution in [0.15, 0.2) is 36.5 Å². The number of nitrogen functional groups attached to an aromatic ring is 1. The van der Waals surface area contributed by atoms with Gasteiger partial charge in [-0.3, -0.25) is 0 Å². The van der Waals surface area contributed by atoms with Gasteiger partial charge in [-0.15, -0.1) is 0 Å². The van der Waals surface area contributed by atoms with Gasteiger partial charge in [-0.2, -0.15) is 5.26 Å². The molecule has 2 N–H and O–H groups in total. The molecule has 0 fully saturated rings. The van der Waals surface area contributed by atoms with Crippen LogP contribution in [0.4, 0.5) is 10.1 Å². The first-order valence-corrected chi connectivity index (χ1v) is 4.78. The Bertz CT molecular complexity index is 575. The first-order valence-electron chi connectivity index (χ1n) is 4.78. The molecule has 0 saturated carbocycles. The van der Waals surface area contributed by atoms with E-state index in [0.29, 0.717) is 11.3 Å². The Labute approximate surface area is 97.1 Å². The van der Waals surface area contributed by atoms with Crippen molar-refractivity contribution < 1.29 is 9.13 Å². The van der Waals surface area contributed by atoms with Crippen molar-refractivity contribution in [2.24, 2.45) is 0 Å². The lowest BCUT2D eigenvalue weighted by molar-refractivity contribution is 0.460. The average molecular weight is 229 g/mol. The number of pyridine rings is 1. The maximum Gasteiger partial charge on any atom is 0.219 e. The summed E-state index contributed by atoms with van der Waals surface area (Å²) in [6, 6.07) is 8.84. The van der Waals surface area contributed by atoms with Gasteiger partial charge in [0, 0.05) is 18.3 Å². The number of ether oxygens (including phenoxy) is 1. The summed E-state index contributed by atoms with van der Waals surface area (Å²) in [6.07, 6.45) is 1.37. The summed E-state index contributed by atoms with van der Waals surface area (Å²) in [6.45, 7) is 0. The maximum atomic E-state index is 13.0. The molecule has 0 aliphatic carbocycles. The molecule has 2 aromatic rings. The van der Waals surface area contributed by atoms with Crippen LogP contribution in [0, 0.1) is 17.1 Å². The van der Waals surface area contributed by atoms with E-state index in [-0.39, 0.29) is 11.6 Å². The van der Waals surface area contributed by atoms with Gasteiger partial charge in [0.1, 0.15) is 11.9 Å². The van der Waals surface area contributed by atoms with Crippen molar-refractivity contribution in [2.75, 3.05) is 5.73 Å². The number of halogens is 1. The van der Waals surface area contributed by atoms with E-state index in [0.717, 1.165) is 0 Å². The van der Waals surface area contributed by atoms with Crippen LogP contribution in [0.1, 0.15) is 5.56 Å². The van der Waals surface area contributed by atoms with E-state index >= 15 is 0 Å². The van der Waals surface area contributed by atoms with E-state index in [1.165, 1.54) is 30.5 Å². The molecule has 1 aromatic carbocycles. The van der Waals surface area contributed by atoms with Crippen molar-refractivity contribution >= 4 is 5.69 Å². The average Bonchev–Trinajstić information content (AvgIpc) is 2.35. The van der Waals surface area contributed by atoms with Crippen LogP contribution in [0.2, 0.25) is 0 Å². The lowest BCUT2D eigenvalue weighted by Gasteiger charge is -2.07. The SMILES string of the molecule is N#Cc1ccc(Oc2cc(F)ccc2N)nc1. The Balaban J connectivity index is 2.25. The van der Waals surface area contributed by atoms with Crippen LogP contribution in [-0.4, -0.2) is 4.98 Å². The van der Waals surface area contributed by atoms with Crippen LogP contribution >= 0.6 is 0 Å². The van der Waals surface area contributed by atoms with Gasteiger partial charge in [-0.25, -0.2) is 9.37 Å². The number of hydrogen-bond donors (Lipinski definition) is 1. The van der Waals surface area contributed by atoms with Crippen LogP contribution < -0.4 is 10.5 Å². The minimum atomic E-state index is -0.442. The molecule has 0 aliphatic rings. The molecule has 84 valence electrons. The highest BCUT2D eigenvalue weighted by molar-refractivity contribution is 5.53. The van der Waals surface area contributed by atoms with Crippen LogP contribution in [0.25, 0.3) is 0 Å². The van der Waals surface area contributed by atoms with Gasteiger partial charge >= 0.3 is 0 Å². The van der Waals surface area contributed by atoms with Gasteiger partial charge in [0.2, 0.25) is 5.88 Å². The molecule has 0 unspecified atom stereocenters. The number of nitrogens with two attached hydrogens (primary N) is 1. The zero-order valence-electron chi connectivity index (χ0n) is 8.72. The third-order valence-corrected chi connectivity index (χ3v) is 2.06. The molecule has 1 heterocycles. The molecule has 0 radical (unpaired) electrons. The first kappa shape index (κ1) is 10.9. The molecule has 0 spiro atoms. The number of nitrogens with zero attached hydrogens (tertiary/aromatic N) is 2. The van der Waals surface area contributed by atoms with Crippen LogP contribution in [0.3, 0.4) is 0 Å². The van der Waals surface area contributed by atoms with E-state index in [9.17, 15) is 4.39 Å². The second-order valence-corrected chi connectivity index (χ2v) is 3.28. The van der Waals surface area contributed by atoms with E-state index in [1.54, 1.807) is 6.07 Å². The molecule has 0 amide bonds. The zero-order chi connectivity index (χ0) is 12.3. The molecule has 2 rings (SSSR count). The molecule has 0 saturated heterocycles. The number of anilines is 1. The van der Waals surface area contributed by atoms with E-state index in [2.05, 4.69) is 4.98 Å². The molecular formula is C12H8FN3O. The van der Waals surface area contributed by atoms with Gasteiger partial charge in [-0.1, -0.05) is 0 Å². The summed E-state index contributed by atoms with van der Waals surface area (Å²) in [5, 5.41) is 8.60. The minimum absolute atomic E-state index is 0.196. The fourth-order valence-electron chi connectivity index (χ4n) is 1.22. The molecule has 0 bridgehead atoms. The molecular weight excluding hydrogens is 221 g/mol. The summed E-state index contributed by atoms with van der Waals surface area (Å²) < 4.78 is 18.3. The first-order chi connectivity index (χ1) is 8.19. The Morgan fingerprint density at radius 1 is 1.29 bits per heavy atom. The lowest BCUT2D eigenvalue weighted by atomic mass is 10.3. The van der Waals surface area contributed by atoms with Crippen molar-refractivity contribution in [2.45, 2.75) is 0 Å². The normalized spacial score (nSPS) is 9.65. The second-order valence-electron chi connectivity index (χ2n) is 3.28. The number of aromatic nitrogens is 1. The number of rotatable bonds is 2. The van der Waals surface area contributed by atoms with Crippen LogP contribution in [0.5, 0.6) is 11.6 Å². The van der Waals surface area contributed by atoms with E-state index < -0.39 is 5.82 Å². The van der Waals surface area contributed by atoms with Crippen LogP contribution in [-0.2, 0) is 0 Å². The fourth-order valence-corrected chi connectivity index (χ4v) is 1.22. The highest BCUT2D eigenvalue weighted by atomic mass is 19.1. The molecule has 17 heavy (non-hydrogen) atoms. The Kier molecular flexibility index (Phi) is 2.88. The van der Waals surface area contributed by atoms with Crippen molar-refractivity contribution in [3.8, 4) is 17.7 Å². The van der Waals surface area contributed by atoms with E-state index in [4.69, 9.17) is 15.7 Å². The van der Waals surface area contributed by atoms with Gasteiger partial charge < -0.3 is 10.5 Å². The standard InChI is InChI=1S/C12H8FN3O/c13-9-2-3-10(15)11(5-9)17-12-4-1-8(6-14)7-16-12/h1-5,7H,15H2. The molecule has 1 aromatic heterocycles. The predicted molar refractivity (Wildman–Crippen MR) is 59.8 cm³/mol. The Hall–Kier alpha value is -2.61. The number of benzene rings is 1. The quantitative estimate of drug-likeness (QED) is 0.803. The van der Waals surface area contributed by atoms with Gasteiger partial charge in [0.15, 0.2) is 5.75 Å². The predicted octanol–water partition coefficient (Wildman–Crippen LogP) is 2.47. The summed E-state index contributed by atoms with van der Waals surface area (Å²) in [4.78, 5) is 3.89. The highest BCUT2D eigenvalue weighted by Crippen LogP contribution is 2.26. The molecule has 5 heteroatoms. The summed E-state index contributed by atoms with van der Waals surface area (Å²) in [5.41, 5.74) is 6.36. The minimum Gasteiger partial charge on any atom is -0.437 e. The van der Waals surface area contributed by atoms with Crippen molar-refractivity contribution in [1.82, 2.24) is 4.98 Å². The number of hydrogen-bond acceptors (Lipinski definition) is 4. The molecule has 4 nitrogen and oxygen atoms in total. The van der Waals surface area contributed by atoms with Gasteiger partial charge in [0.25, 0.3) is 0 Å². The molecule has 0 aliphatic heterocycles. The second kappa shape index (κ2) is 4.49. The van der Waals surface area contributed by atoms with Crippen molar-refractivity contribution in [3.63, 3.8) is 0 Å². The van der Waals surface area contributed by atoms with Gasteiger partial charge in [-0.05, 0) is 18.2 Å². The monoisotopic (exact) mass is 229 g/mol. The summed E-state index contributed by atoms with van der Waals surface area (Å²) >= 11 is 0. The smallest absolute Gasteiger partial charge is 0.219 e. The highest BCUT2D eigenvalue weighted by Gasteiger charge is 2.04. The van der Waals surface area contributed by atoms with Crippen molar-refractivity contribution in [1.29, 1.82) is 5.26 Å². The Morgan fingerprint density at radius 3 is 2.76 bits per heavy atom. The number of nitriles is 1. The largest absolute Gasteiger partial charge is 0.437 e. The van der Waals surface area contributed by atoms with E-state index in [1.807, 2.05) is 6.07 Å². The summed E-state index contributed by atoms with van der Waals surface area (Å²) in [5.74, 6) is 0.00588. The van der Waals surface area contributed by atoms with Crippen molar-refractivity contribution in [3.05, 3.63) is 47.9 Å². The Morgan fingerprint density at radius 2 is 2.12 bits per heavy atom. The third-order valence-electron chi connectivity index (χ3n) is 2.06. The fraction of sp³-hybridized carbons (Fsp3) is 0. The third kappa shape index (κ3) is 2.49. The molecule has 0 atom stereocenters.